The number of allylic oxidation sites excluding steroid dienone is 20. The molecule has 0 spiro atoms. The van der Waals surface area contributed by atoms with E-state index in [0.717, 1.165) is 135 Å². The van der Waals surface area contributed by atoms with Gasteiger partial charge in [-0.05, 0) is 116 Å². The van der Waals surface area contributed by atoms with Crippen LogP contribution >= 0.6 is 0 Å². The summed E-state index contributed by atoms with van der Waals surface area (Å²) in [6.45, 7) is 6.54. The Morgan fingerprint density at radius 3 is 0.747 bits per heavy atom. The standard InChI is InChI=1S/C77H130O6/c1-4-7-10-13-16-19-22-25-28-30-31-32-33-34-35-36-37-38-39-40-41-42-43-44-45-47-49-52-55-58-61-64-67-70-76(79)82-73-74(72-81-75(78)69-66-63-60-57-54-51-48-27-24-21-18-15-12-9-6-3)83-77(80)71-68-65-62-59-56-53-50-46-29-26-23-20-17-14-11-8-5-2/h7,10,16,19,25-26,28-29,31-32,34-35,37-38,40-41,43-44,47,49,74H,4-6,8-9,11-15,17-18,20-24,27,30,33,36,39,42,45-46,48,50-73H2,1-3H3/b10-7-,19-16-,28-25-,29-26-,32-31-,35-34-,38-37-,41-40-,44-43-,49-47-. The molecule has 0 aliphatic rings. The van der Waals surface area contributed by atoms with E-state index >= 15 is 0 Å². The summed E-state index contributed by atoms with van der Waals surface area (Å²) in [6.07, 6.45) is 97.8. The lowest BCUT2D eigenvalue weighted by Crippen LogP contribution is -2.30. The van der Waals surface area contributed by atoms with Crippen LogP contribution in [0.5, 0.6) is 0 Å². The van der Waals surface area contributed by atoms with Crippen LogP contribution in [0.4, 0.5) is 0 Å². The minimum Gasteiger partial charge on any atom is -0.462 e. The highest BCUT2D eigenvalue weighted by molar-refractivity contribution is 5.71. The summed E-state index contributed by atoms with van der Waals surface area (Å²) in [6, 6.07) is 0. The summed E-state index contributed by atoms with van der Waals surface area (Å²) in [5, 5.41) is 0. The Hall–Kier alpha value is -4.19. The first-order valence-corrected chi connectivity index (χ1v) is 35.0. The van der Waals surface area contributed by atoms with Crippen LogP contribution < -0.4 is 0 Å². The Morgan fingerprint density at radius 1 is 0.253 bits per heavy atom. The van der Waals surface area contributed by atoms with Crippen LogP contribution in [0.25, 0.3) is 0 Å². The van der Waals surface area contributed by atoms with E-state index in [2.05, 4.69) is 142 Å². The molecule has 474 valence electrons. The van der Waals surface area contributed by atoms with Crippen LogP contribution in [-0.2, 0) is 28.6 Å². The number of hydrogen-bond acceptors (Lipinski definition) is 6. The fraction of sp³-hybridized carbons (Fsp3) is 0.701. The Balaban J connectivity index is 4.34. The Kier molecular flexibility index (Phi) is 66.7. The maximum absolute atomic E-state index is 12.9. The third-order valence-corrected chi connectivity index (χ3v) is 15.0. The van der Waals surface area contributed by atoms with Crippen LogP contribution in [-0.4, -0.2) is 37.2 Å². The highest BCUT2D eigenvalue weighted by atomic mass is 16.6. The van der Waals surface area contributed by atoms with E-state index in [4.69, 9.17) is 14.2 Å². The molecule has 0 bridgehead atoms. The number of carbonyl (C=O) groups excluding carboxylic acids is 3. The molecule has 1 atom stereocenters. The lowest BCUT2D eigenvalue weighted by Gasteiger charge is -2.18. The van der Waals surface area contributed by atoms with Gasteiger partial charge in [-0.1, -0.05) is 316 Å². The predicted molar refractivity (Wildman–Crippen MR) is 362 cm³/mol. The third kappa shape index (κ3) is 68.5. The van der Waals surface area contributed by atoms with Gasteiger partial charge in [0.05, 0.1) is 0 Å². The SMILES string of the molecule is CC/C=C\C/C=C\C/C=C\C/C=C\C/C=C\C/C=C\C/C=C\C/C=C\C/C=C\CCCCCCCC(=O)OCC(COC(=O)CCCCCCCCCCCCCCCCC)OC(=O)CCCCCCCCC/C=C\CCCCCCCC. The number of rotatable bonds is 63. The van der Waals surface area contributed by atoms with Crippen LogP contribution in [0.1, 0.15) is 329 Å². The number of carbonyl (C=O) groups is 3. The topological polar surface area (TPSA) is 78.9 Å². The van der Waals surface area contributed by atoms with E-state index in [-0.39, 0.29) is 31.1 Å². The van der Waals surface area contributed by atoms with Crippen molar-refractivity contribution in [2.45, 2.75) is 335 Å². The van der Waals surface area contributed by atoms with Gasteiger partial charge in [0.1, 0.15) is 13.2 Å². The zero-order valence-electron chi connectivity index (χ0n) is 54.4. The van der Waals surface area contributed by atoms with Crippen LogP contribution in [0.2, 0.25) is 0 Å². The molecule has 0 saturated heterocycles. The maximum atomic E-state index is 12.9. The monoisotopic (exact) mass is 1150 g/mol. The molecule has 0 rings (SSSR count). The Morgan fingerprint density at radius 2 is 0.470 bits per heavy atom. The van der Waals surface area contributed by atoms with E-state index < -0.39 is 6.10 Å². The zero-order chi connectivity index (χ0) is 59.9. The number of esters is 3. The molecule has 83 heavy (non-hydrogen) atoms. The number of hydrogen-bond donors (Lipinski definition) is 0. The third-order valence-electron chi connectivity index (χ3n) is 15.0. The van der Waals surface area contributed by atoms with Crippen molar-refractivity contribution in [3.8, 4) is 0 Å². The van der Waals surface area contributed by atoms with Crippen molar-refractivity contribution in [3.05, 3.63) is 122 Å². The average molecular weight is 1150 g/mol. The molecular weight excluding hydrogens is 1020 g/mol. The Bertz CT molecular complexity index is 1700. The summed E-state index contributed by atoms with van der Waals surface area (Å²) in [4.78, 5) is 38.4. The van der Waals surface area contributed by atoms with Gasteiger partial charge in [0.2, 0.25) is 0 Å². The van der Waals surface area contributed by atoms with Gasteiger partial charge in [0.25, 0.3) is 0 Å². The molecule has 0 fully saturated rings. The first-order valence-electron chi connectivity index (χ1n) is 35.0. The van der Waals surface area contributed by atoms with E-state index in [9.17, 15) is 14.4 Å². The molecule has 0 heterocycles. The van der Waals surface area contributed by atoms with Crippen molar-refractivity contribution in [2.75, 3.05) is 13.2 Å². The minimum atomic E-state index is -0.790. The van der Waals surface area contributed by atoms with E-state index in [1.807, 2.05) is 0 Å². The second-order valence-electron chi connectivity index (χ2n) is 23.1. The van der Waals surface area contributed by atoms with Gasteiger partial charge in [-0.3, -0.25) is 14.4 Å². The second kappa shape index (κ2) is 70.3. The molecule has 0 N–H and O–H groups in total. The predicted octanol–water partition coefficient (Wildman–Crippen LogP) is 24.3. The van der Waals surface area contributed by atoms with Gasteiger partial charge in [-0.2, -0.15) is 0 Å². The fourth-order valence-electron chi connectivity index (χ4n) is 9.73. The van der Waals surface area contributed by atoms with E-state index in [1.54, 1.807) is 0 Å². The quantitative estimate of drug-likeness (QED) is 0.0261. The molecule has 0 aromatic carbocycles. The highest BCUT2D eigenvalue weighted by Gasteiger charge is 2.19. The molecular formula is C77H130O6. The molecule has 6 nitrogen and oxygen atoms in total. The van der Waals surface area contributed by atoms with Crippen molar-refractivity contribution in [2.24, 2.45) is 0 Å². The second-order valence-corrected chi connectivity index (χ2v) is 23.1. The molecule has 0 amide bonds. The summed E-state index contributed by atoms with van der Waals surface area (Å²) in [5.74, 6) is -0.897. The van der Waals surface area contributed by atoms with Crippen LogP contribution in [0.15, 0.2) is 122 Å². The average Bonchev–Trinajstić information content (AvgIpc) is 3.49. The number of ether oxygens (including phenoxy) is 3. The molecule has 0 aromatic heterocycles. The summed E-state index contributed by atoms with van der Waals surface area (Å²) >= 11 is 0. The van der Waals surface area contributed by atoms with Crippen molar-refractivity contribution in [1.82, 2.24) is 0 Å². The minimum absolute atomic E-state index is 0.0841. The van der Waals surface area contributed by atoms with Gasteiger partial charge >= 0.3 is 17.9 Å². The Labute approximate surface area is 513 Å². The van der Waals surface area contributed by atoms with Crippen molar-refractivity contribution in [1.29, 1.82) is 0 Å². The molecule has 0 aliphatic carbocycles. The van der Waals surface area contributed by atoms with E-state index in [1.165, 1.54) is 154 Å². The first-order chi connectivity index (χ1) is 41.0. The van der Waals surface area contributed by atoms with Crippen molar-refractivity contribution >= 4 is 17.9 Å². The van der Waals surface area contributed by atoms with Gasteiger partial charge in [0.15, 0.2) is 6.10 Å². The first kappa shape index (κ1) is 78.8. The smallest absolute Gasteiger partial charge is 0.306 e. The fourth-order valence-corrected chi connectivity index (χ4v) is 9.73. The zero-order valence-corrected chi connectivity index (χ0v) is 54.4. The van der Waals surface area contributed by atoms with E-state index in [0.29, 0.717) is 19.3 Å². The largest absolute Gasteiger partial charge is 0.462 e. The lowest BCUT2D eigenvalue weighted by atomic mass is 10.0. The lowest BCUT2D eigenvalue weighted by molar-refractivity contribution is -0.167. The van der Waals surface area contributed by atoms with Gasteiger partial charge < -0.3 is 14.2 Å². The van der Waals surface area contributed by atoms with Crippen molar-refractivity contribution in [3.63, 3.8) is 0 Å². The molecule has 0 aromatic rings. The molecule has 1 unspecified atom stereocenters. The number of unbranched alkanes of at least 4 members (excludes halogenated alkanes) is 32. The summed E-state index contributed by atoms with van der Waals surface area (Å²) in [5.41, 5.74) is 0. The maximum Gasteiger partial charge on any atom is 0.306 e. The summed E-state index contributed by atoms with van der Waals surface area (Å²) < 4.78 is 17.0. The normalized spacial score (nSPS) is 12.9. The van der Waals surface area contributed by atoms with Gasteiger partial charge in [-0.15, -0.1) is 0 Å². The van der Waals surface area contributed by atoms with Gasteiger partial charge in [0, 0.05) is 19.3 Å². The van der Waals surface area contributed by atoms with Crippen molar-refractivity contribution < 1.29 is 28.6 Å². The molecule has 6 heteroatoms. The highest BCUT2D eigenvalue weighted by Crippen LogP contribution is 2.16. The van der Waals surface area contributed by atoms with Crippen LogP contribution in [0.3, 0.4) is 0 Å². The molecule has 0 aliphatic heterocycles. The molecule has 0 saturated carbocycles. The van der Waals surface area contributed by atoms with Crippen LogP contribution in [0, 0.1) is 0 Å². The summed E-state index contributed by atoms with van der Waals surface area (Å²) in [7, 11) is 0. The molecule has 0 radical (unpaired) electrons. The van der Waals surface area contributed by atoms with Gasteiger partial charge in [-0.25, -0.2) is 0 Å².